The van der Waals surface area contributed by atoms with Crippen molar-refractivity contribution in [2.24, 2.45) is 17.8 Å². The Morgan fingerprint density at radius 3 is 2.74 bits per heavy atom. The third kappa shape index (κ3) is 3.95. The molecule has 0 saturated heterocycles. The number of alkyl halides is 1. The van der Waals surface area contributed by atoms with Gasteiger partial charge in [0.1, 0.15) is 5.82 Å². The predicted octanol–water partition coefficient (Wildman–Crippen LogP) is 5.81. The number of halogens is 3. The molecule has 3 heteroatoms. The first-order valence-corrected chi connectivity index (χ1v) is 8.28. The Morgan fingerprint density at radius 1 is 1.37 bits per heavy atom. The molecule has 0 N–H and O–H groups in total. The van der Waals surface area contributed by atoms with Crippen LogP contribution in [-0.2, 0) is 6.42 Å². The first-order valence-electron chi connectivity index (χ1n) is 7.05. The van der Waals surface area contributed by atoms with E-state index in [9.17, 15) is 4.39 Å². The molecule has 106 valence electrons. The van der Waals surface area contributed by atoms with Gasteiger partial charge < -0.3 is 0 Å². The first kappa shape index (κ1) is 15.3. The van der Waals surface area contributed by atoms with E-state index >= 15 is 0 Å². The molecule has 2 rings (SSSR count). The quantitative estimate of drug-likeness (QED) is 0.605. The van der Waals surface area contributed by atoms with E-state index in [-0.39, 0.29) is 11.2 Å². The van der Waals surface area contributed by atoms with Gasteiger partial charge in [0.15, 0.2) is 0 Å². The Hall–Kier alpha value is -0.0800. The molecule has 1 aromatic carbocycles. The summed E-state index contributed by atoms with van der Waals surface area (Å²) >= 11 is 9.74. The molecule has 1 aliphatic carbocycles. The molecule has 1 aliphatic rings. The minimum atomic E-state index is -0.199. The second-order valence-electron chi connectivity index (χ2n) is 6.05. The lowest BCUT2D eigenvalue weighted by atomic mass is 9.74. The topological polar surface area (TPSA) is 0 Å². The predicted molar refractivity (Wildman–Crippen MR) is 83.1 cm³/mol. The van der Waals surface area contributed by atoms with E-state index in [1.165, 1.54) is 24.5 Å². The maximum atomic E-state index is 13.2. The van der Waals surface area contributed by atoms with Gasteiger partial charge in [0, 0.05) is 5.38 Å². The van der Waals surface area contributed by atoms with E-state index in [0.29, 0.717) is 10.4 Å². The Bertz CT molecular complexity index is 433. The van der Waals surface area contributed by atoms with Crippen molar-refractivity contribution < 1.29 is 4.39 Å². The highest BCUT2D eigenvalue weighted by Crippen LogP contribution is 2.38. The molecule has 3 unspecified atom stereocenters. The number of rotatable bonds is 3. The first-order chi connectivity index (χ1) is 8.97. The maximum absolute atomic E-state index is 13.2. The van der Waals surface area contributed by atoms with Crippen molar-refractivity contribution in [2.75, 3.05) is 0 Å². The largest absolute Gasteiger partial charge is 0.206 e. The second-order valence-corrected chi connectivity index (χ2v) is 7.46. The van der Waals surface area contributed by atoms with Crippen molar-refractivity contribution in [2.45, 2.75) is 44.9 Å². The Balaban J connectivity index is 2.05. The van der Waals surface area contributed by atoms with Crippen molar-refractivity contribution in [3.63, 3.8) is 0 Å². The molecule has 1 aromatic rings. The molecule has 3 atom stereocenters. The van der Waals surface area contributed by atoms with Crippen molar-refractivity contribution >= 4 is 27.5 Å². The number of benzene rings is 1. The smallest absolute Gasteiger partial charge is 0.137 e. The van der Waals surface area contributed by atoms with Gasteiger partial charge in [0.2, 0.25) is 0 Å². The fourth-order valence-electron chi connectivity index (χ4n) is 3.05. The van der Waals surface area contributed by atoms with Gasteiger partial charge in [-0.25, -0.2) is 4.39 Å². The van der Waals surface area contributed by atoms with Crippen LogP contribution in [0.4, 0.5) is 4.39 Å². The minimum Gasteiger partial charge on any atom is -0.206 e. The van der Waals surface area contributed by atoms with Crippen molar-refractivity contribution in [3.8, 4) is 0 Å². The second kappa shape index (κ2) is 6.58. The lowest BCUT2D eigenvalue weighted by molar-refractivity contribution is 0.218. The van der Waals surface area contributed by atoms with Crippen LogP contribution in [0.25, 0.3) is 0 Å². The van der Waals surface area contributed by atoms with Crippen molar-refractivity contribution in [1.82, 2.24) is 0 Å². The van der Waals surface area contributed by atoms with Crippen molar-refractivity contribution in [3.05, 3.63) is 34.1 Å². The van der Waals surface area contributed by atoms with Crippen LogP contribution in [0.3, 0.4) is 0 Å². The summed E-state index contributed by atoms with van der Waals surface area (Å²) in [5.41, 5.74) is 1.17. The molecule has 0 radical (unpaired) electrons. The van der Waals surface area contributed by atoms with Gasteiger partial charge in [-0.3, -0.25) is 0 Å². The molecule has 19 heavy (non-hydrogen) atoms. The molecule has 0 heterocycles. The van der Waals surface area contributed by atoms with Crippen LogP contribution in [0.15, 0.2) is 22.7 Å². The van der Waals surface area contributed by atoms with Gasteiger partial charge in [0.05, 0.1) is 4.47 Å². The highest BCUT2D eigenvalue weighted by molar-refractivity contribution is 9.10. The monoisotopic (exact) mass is 346 g/mol. The van der Waals surface area contributed by atoms with Crippen LogP contribution in [0, 0.1) is 23.6 Å². The van der Waals surface area contributed by atoms with Gasteiger partial charge in [-0.2, -0.15) is 0 Å². The average molecular weight is 348 g/mol. The highest BCUT2D eigenvalue weighted by Gasteiger charge is 2.30. The van der Waals surface area contributed by atoms with Gasteiger partial charge >= 0.3 is 0 Å². The molecule has 1 fully saturated rings. The van der Waals surface area contributed by atoms with Crippen LogP contribution < -0.4 is 0 Å². The molecule has 0 amide bonds. The minimum absolute atomic E-state index is 0.199. The van der Waals surface area contributed by atoms with Crippen molar-refractivity contribution in [1.29, 1.82) is 0 Å². The summed E-state index contributed by atoms with van der Waals surface area (Å²) in [5.74, 6) is 1.82. The van der Waals surface area contributed by atoms with Gasteiger partial charge in [0.25, 0.3) is 0 Å². The zero-order valence-corrected chi connectivity index (χ0v) is 13.8. The van der Waals surface area contributed by atoms with Crippen LogP contribution in [-0.4, -0.2) is 5.38 Å². The fourth-order valence-corrected chi connectivity index (χ4v) is 3.79. The van der Waals surface area contributed by atoms with E-state index < -0.39 is 0 Å². The number of hydrogen-bond acceptors (Lipinski definition) is 0. The molecule has 0 aromatic heterocycles. The summed E-state index contributed by atoms with van der Waals surface area (Å²) < 4.78 is 13.8. The zero-order chi connectivity index (χ0) is 14.0. The van der Waals surface area contributed by atoms with Crippen LogP contribution in [0.1, 0.15) is 38.7 Å². The summed E-state index contributed by atoms with van der Waals surface area (Å²) in [5, 5.41) is 0.263. The molecule has 0 spiro atoms. The number of hydrogen-bond donors (Lipinski definition) is 0. The highest BCUT2D eigenvalue weighted by atomic mass is 79.9. The summed E-state index contributed by atoms with van der Waals surface area (Å²) in [7, 11) is 0. The maximum Gasteiger partial charge on any atom is 0.137 e. The zero-order valence-electron chi connectivity index (χ0n) is 11.5. The van der Waals surface area contributed by atoms with E-state index in [0.717, 1.165) is 24.7 Å². The Kier molecular flexibility index (Phi) is 5.30. The van der Waals surface area contributed by atoms with E-state index in [1.54, 1.807) is 0 Å². The lowest BCUT2D eigenvalue weighted by Crippen LogP contribution is -2.29. The molecular weight excluding hydrogens is 327 g/mol. The van der Waals surface area contributed by atoms with E-state index in [4.69, 9.17) is 11.6 Å². The van der Waals surface area contributed by atoms with Gasteiger partial charge in [-0.05, 0) is 77.1 Å². The van der Waals surface area contributed by atoms with Crippen LogP contribution in [0.2, 0.25) is 0 Å². The van der Waals surface area contributed by atoms with E-state index in [1.807, 2.05) is 12.1 Å². The van der Waals surface area contributed by atoms with Gasteiger partial charge in [-0.1, -0.05) is 19.9 Å². The van der Waals surface area contributed by atoms with E-state index in [2.05, 4.69) is 29.8 Å². The average Bonchev–Trinajstić information content (AvgIpc) is 2.36. The Morgan fingerprint density at radius 2 is 2.11 bits per heavy atom. The van der Waals surface area contributed by atoms with Gasteiger partial charge in [-0.15, -0.1) is 11.6 Å². The molecule has 0 aliphatic heterocycles. The lowest BCUT2D eigenvalue weighted by Gasteiger charge is -2.35. The standard InChI is InChI=1S/C16H21BrClF/c1-10(2)12-4-5-15(18)13(9-12)7-11-3-6-16(19)14(17)8-11/h3,6,8,10,12-13,15H,4-5,7,9H2,1-2H3. The molecule has 0 nitrogen and oxygen atoms in total. The summed E-state index contributed by atoms with van der Waals surface area (Å²) in [6.45, 7) is 4.59. The van der Waals surface area contributed by atoms with Crippen LogP contribution in [0.5, 0.6) is 0 Å². The third-order valence-electron chi connectivity index (χ3n) is 4.35. The van der Waals surface area contributed by atoms with Crippen LogP contribution >= 0.6 is 27.5 Å². The molecule has 1 saturated carbocycles. The summed E-state index contributed by atoms with van der Waals surface area (Å²) in [4.78, 5) is 0. The normalized spacial score (nSPS) is 27.8. The fraction of sp³-hybridized carbons (Fsp3) is 0.625. The SMILES string of the molecule is CC(C)C1CCC(Cl)C(Cc2ccc(F)c(Br)c2)C1. The third-order valence-corrected chi connectivity index (χ3v) is 5.54. The molecular formula is C16H21BrClF. The molecule has 0 bridgehead atoms. The summed E-state index contributed by atoms with van der Waals surface area (Å²) in [6.07, 6.45) is 4.50. The Labute approximate surface area is 128 Å². The summed E-state index contributed by atoms with van der Waals surface area (Å²) in [6, 6.07) is 5.30.